The fourth-order valence-corrected chi connectivity index (χ4v) is 5.27. The maximum atomic E-state index is 6.19. The summed E-state index contributed by atoms with van der Waals surface area (Å²) in [7, 11) is 1.96. The van der Waals surface area contributed by atoms with Gasteiger partial charge in [0.25, 0.3) is 0 Å². The van der Waals surface area contributed by atoms with Gasteiger partial charge in [-0.25, -0.2) is 9.97 Å². The lowest BCUT2D eigenvalue weighted by Crippen LogP contribution is -2.22. The summed E-state index contributed by atoms with van der Waals surface area (Å²) < 4.78 is 15.9. The number of fused-ring (bicyclic) bond motifs is 2. The number of H-pyrrole nitrogens is 1. The molecule has 0 spiro atoms. The number of nitrogens with zero attached hydrogens (tertiary/aromatic N) is 6. The SMILES string of the molecule is Cn1c(Nc2cc(C(C)(C)C)n([C@@H]3CCOC3)n2)nc2ncc(Oc3cnc4[nH]cc(C5CC5)c4c3)cc21. The molecule has 0 bridgehead atoms. The molecule has 0 amide bonds. The summed E-state index contributed by atoms with van der Waals surface area (Å²) in [5, 5.41) is 9.44. The van der Waals surface area contributed by atoms with Gasteiger partial charge in [-0.05, 0) is 36.8 Å². The Morgan fingerprint density at radius 1 is 1.08 bits per heavy atom. The summed E-state index contributed by atoms with van der Waals surface area (Å²) in [4.78, 5) is 17.1. The van der Waals surface area contributed by atoms with Crippen molar-refractivity contribution in [3.63, 3.8) is 0 Å². The van der Waals surface area contributed by atoms with Gasteiger partial charge in [0, 0.05) is 48.5 Å². The largest absolute Gasteiger partial charge is 0.454 e. The van der Waals surface area contributed by atoms with E-state index in [2.05, 4.69) is 64.1 Å². The number of hydrogen-bond donors (Lipinski definition) is 2. The van der Waals surface area contributed by atoms with Gasteiger partial charge in [-0.15, -0.1) is 0 Å². The average Bonchev–Trinajstić information content (AvgIpc) is 3.25. The molecule has 5 aromatic heterocycles. The fourth-order valence-electron chi connectivity index (χ4n) is 5.27. The molecule has 2 aliphatic rings. The van der Waals surface area contributed by atoms with Crippen molar-refractivity contribution in [3.8, 4) is 11.5 Å². The summed E-state index contributed by atoms with van der Waals surface area (Å²) in [6, 6.07) is 6.38. The van der Waals surface area contributed by atoms with Gasteiger partial charge < -0.3 is 24.3 Å². The molecule has 6 heterocycles. The van der Waals surface area contributed by atoms with Crippen molar-refractivity contribution in [2.75, 3.05) is 18.5 Å². The first-order valence-electron chi connectivity index (χ1n) is 13.3. The highest BCUT2D eigenvalue weighted by Crippen LogP contribution is 2.43. The monoisotopic (exact) mass is 512 g/mol. The Kier molecular flexibility index (Phi) is 5.23. The van der Waals surface area contributed by atoms with Crippen molar-refractivity contribution >= 4 is 34.0 Å². The number of aromatic nitrogens is 7. The Morgan fingerprint density at radius 3 is 2.66 bits per heavy atom. The number of hydrogen-bond acceptors (Lipinski definition) is 7. The molecule has 10 nitrogen and oxygen atoms in total. The summed E-state index contributed by atoms with van der Waals surface area (Å²) in [5.74, 6) is 3.39. The zero-order valence-corrected chi connectivity index (χ0v) is 22.2. The van der Waals surface area contributed by atoms with E-state index in [0.29, 0.717) is 35.6 Å². The van der Waals surface area contributed by atoms with Crippen LogP contribution >= 0.6 is 0 Å². The maximum Gasteiger partial charge on any atom is 0.210 e. The lowest BCUT2D eigenvalue weighted by Gasteiger charge is -2.22. The topological polar surface area (TPSA) is 108 Å². The van der Waals surface area contributed by atoms with Crippen LogP contribution in [0.3, 0.4) is 0 Å². The molecular weight excluding hydrogens is 480 g/mol. The molecule has 0 aromatic carbocycles. The zero-order chi connectivity index (χ0) is 26.0. The lowest BCUT2D eigenvalue weighted by molar-refractivity contribution is 0.183. The maximum absolute atomic E-state index is 6.19. The van der Waals surface area contributed by atoms with E-state index in [0.717, 1.165) is 35.4 Å². The van der Waals surface area contributed by atoms with Crippen LogP contribution < -0.4 is 10.1 Å². The predicted octanol–water partition coefficient (Wildman–Crippen LogP) is 5.71. The smallest absolute Gasteiger partial charge is 0.210 e. The standard InChI is InChI=1S/C28H32N8O2/c1-28(2,3)23-11-24(34-36(23)17-7-8-37-15-17)32-27-33-26-22(35(27)4)10-19(13-30-26)38-18-9-20-21(16-5-6-16)14-31-25(20)29-12-18/h9-14,16-17H,5-8,15H2,1-4H3,(H,29,31)(H,30,32,33,34)/t17-/m1/s1. The van der Waals surface area contributed by atoms with Crippen LogP contribution in [-0.2, 0) is 17.2 Å². The highest BCUT2D eigenvalue weighted by atomic mass is 16.5. The summed E-state index contributed by atoms with van der Waals surface area (Å²) in [6.07, 6.45) is 8.97. The third-order valence-electron chi connectivity index (χ3n) is 7.50. The molecule has 0 unspecified atom stereocenters. The van der Waals surface area contributed by atoms with Crippen molar-refractivity contribution in [1.82, 2.24) is 34.3 Å². The van der Waals surface area contributed by atoms with E-state index in [1.54, 1.807) is 12.4 Å². The number of anilines is 2. The fraction of sp³-hybridized carbons (Fsp3) is 0.429. The van der Waals surface area contributed by atoms with Crippen LogP contribution in [0.15, 0.2) is 36.8 Å². The average molecular weight is 513 g/mol. The van der Waals surface area contributed by atoms with Crippen molar-refractivity contribution in [3.05, 3.63) is 48.0 Å². The molecule has 1 aliphatic heterocycles. The second-order valence-corrected chi connectivity index (χ2v) is 11.4. The van der Waals surface area contributed by atoms with Crippen molar-refractivity contribution < 1.29 is 9.47 Å². The number of aryl methyl sites for hydroxylation is 1. The van der Waals surface area contributed by atoms with Gasteiger partial charge in [0.1, 0.15) is 17.1 Å². The molecule has 1 aliphatic carbocycles. The number of nitrogens with one attached hydrogen (secondary N) is 2. The van der Waals surface area contributed by atoms with E-state index in [9.17, 15) is 0 Å². The summed E-state index contributed by atoms with van der Waals surface area (Å²) >= 11 is 0. The Labute approximate surface area is 220 Å². The number of pyridine rings is 2. The van der Waals surface area contributed by atoms with Gasteiger partial charge in [-0.2, -0.15) is 10.1 Å². The minimum absolute atomic E-state index is 0.0483. The van der Waals surface area contributed by atoms with Gasteiger partial charge in [-0.1, -0.05) is 20.8 Å². The molecule has 10 heteroatoms. The summed E-state index contributed by atoms with van der Waals surface area (Å²) in [6.45, 7) is 8.08. The van der Waals surface area contributed by atoms with Crippen molar-refractivity contribution in [2.24, 2.45) is 7.05 Å². The van der Waals surface area contributed by atoms with Crippen LogP contribution in [0.2, 0.25) is 0 Å². The van der Waals surface area contributed by atoms with Gasteiger partial charge >= 0.3 is 0 Å². The van der Waals surface area contributed by atoms with E-state index in [-0.39, 0.29) is 11.5 Å². The van der Waals surface area contributed by atoms with Crippen LogP contribution in [0.5, 0.6) is 11.5 Å². The molecule has 196 valence electrons. The molecule has 1 saturated carbocycles. The Bertz CT molecular complexity index is 1650. The van der Waals surface area contributed by atoms with Crippen molar-refractivity contribution in [2.45, 2.75) is 57.4 Å². The molecule has 5 aromatic rings. The molecule has 0 radical (unpaired) electrons. The lowest BCUT2D eigenvalue weighted by atomic mass is 9.91. The van der Waals surface area contributed by atoms with Gasteiger partial charge in [-0.3, -0.25) is 4.68 Å². The highest BCUT2D eigenvalue weighted by molar-refractivity contribution is 5.82. The quantitative estimate of drug-likeness (QED) is 0.300. The molecule has 2 fully saturated rings. The summed E-state index contributed by atoms with van der Waals surface area (Å²) in [5.41, 5.74) is 4.84. The third-order valence-corrected chi connectivity index (χ3v) is 7.50. The van der Waals surface area contributed by atoms with Crippen molar-refractivity contribution in [1.29, 1.82) is 0 Å². The number of ether oxygens (including phenoxy) is 2. The molecule has 7 rings (SSSR count). The van der Waals surface area contributed by atoms with Crippen LogP contribution in [0.1, 0.15) is 63.3 Å². The number of imidazole rings is 1. The minimum atomic E-state index is -0.0483. The second-order valence-electron chi connectivity index (χ2n) is 11.4. The molecular formula is C28H32N8O2. The normalized spacial score (nSPS) is 18.1. The molecule has 2 N–H and O–H groups in total. The van der Waals surface area contributed by atoms with E-state index in [4.69, 9.17) is 19.6 Å². The van der Waals surface area contributed by atoms with E-state index in [1.807, 2.05) is 17.7 Å². The number of rotatable bonds is 6. The number of aromatic amines is 1. The molecule has 38 heavy (non-hydrogen) atoms. The van der Waals surface area contributed by atoms with E-state index < -0.39 is 0 Å². The van der Waals surface area contributed by atoms with Gasteiger partial charge in [0.15, 0.2) is 11.5 Å². The zero-order valence-electron chi connectivity index (χ0n) is 22.2. The third kappa shape index (κ3) is 4.09. The first-order chi connectivity index (χ1) is 18.3. The second kappa shape index (κ2) is 8.56. The van der Waals surface area contributed by atoms with Gasteiger partial charge in [0.2, 0.25) is 5.95 Å². The van der Waals surface area contributed by atoms with Crippen LogP contribution in [-0.4, -0.2) is 47.5 Å². The van der Waals surface area contributed by atoms with Crippen LogP contribution in [0, 0.1) is 0 Å². The highest BCUT2D eigenvalue weighted by Gasteiger charge is 2.28. The molecule has 1 saturated heterocycles. The Morgan fingerprint density at radius 2 is 1.89 bits per heavy atom. The van der Waals surface area contributed by atoms with Crippen LogP contribution in [0.25, 0.3) is 22.2 Å². The first-order valence-corrected chi connectivity index (χ1v) is 13.3. The molecule has 1 atom stereocenters. The minimum Gasteiger partial charge on any atom is -0.454 e. The first kappa shape index (κ1) is 23.2. The Balaban J connectivity index is 1.16. The van der Waals surface area contributed by atoms with E-state index in [1.165, 1.54) is 24.1 Å². The van der Waals surface area contributed by atoms with Gasteiger partial charge in [0.05, 0.1) is 30.6 Å². The predicted molar refractivity (Wildman–Crippen MR) is 145 cm³/mol. The van der Waals surface area contributed by atoms with E-state index >= 15 is 0 Å². The Hall–Kier alpha value is -3.92. The van der Waals surface area contributed by atoms with Crippen LogP contribution in [0.4, 0.5) is 11.8 Å².